The van der Waals surface area contributed by atoms with Gasteiger partial charge in [-0.2, -0.15) is 4.31 Å². The minimum atomic E-state index is -3.62. The molecule has 5 heteroatoms. The zero-order chi connectivity index (χ0) is 17.9. The molecule has 1 aromatic rings. The van der Waals surface area contributed by atoms with Crippen LogP contribution in [0.3, 0.4) is 0 Å². The number of nitrogens with zero attached hydrogens (tertiary/aromatic N) is 1. The van der Waals surface area contributed by atoms with Crippen molar-refractivity contribution in [1.29, 1.82) is 0 Å². The highest BCUT2D eigenvalue weighted by Crippen LogP contribution is 2.51. The van der Waals surface area contributed by atoms with Gasteiger partial charge in [-0.05, 0) is 62.1 Å². The molecule has 1 atom stereocenters. The SMILES string of the molecule is Cc1ccc(C(C)(C)C)cc1S(=O)(=O)N1C2CCC1(C(C)O)CC2. The van der Waals surface area contributed by atoms with E-state index in [2.05, 4.69) is 20.8 Å². The first-order chi connectivity index (χ1) is 11.0. The van der Waals surface area contributed by atoms with Crippen molar-refractivity contribution in [1.82, 2.24) is 4.31 Å². The minimum Gasteiger partial charge on any atom is -0.391 e. The molecule has 24 heavy (non-hydrogen) atoms. The predicted octanol–water partition coefficient (Wildman–Crippen LogP) is 3.36. The van der Waals surface area contributed by atoms with E-state index in [0.717, 1.165) is 36.8 Å². The van der Waals surface area contributed by atoms with Gasteiger partial charge in [-0.3, -0.25) is 0 Å². The zero-order valence-corrected chi connectivity index (χ0v) is 16.2. The van der Waals surface area contributed by atoms with Crippen molar-refractivity contribution < 1.29 is 13.5 Å². The van der Waals surface area contributed by atoms with Gasteiger partial charge >= 0.3 is 0 Å². The topological polar surface area (TPSA) is 57.6 Å². The van der Waals surface area contributed by atoms with E-state index in [1.54, 1.807) is 11.2 Å². The number of benzene rings is 1. The van der Waals surface area contributed by atoms with Crippen LogP contribution in [-0.4, -0.2) is 35.5 Å². The van der Waals surface area contributed by atoms with E-state index in [-0.39, 0.29) is 11.5 Å². The summed E-state index contributed by atoms with van der Waals surface area (Å²) in [7, 11) is -3.62. The van der Waals surface area contributed by atoms with Gasteiger partial charge in [-0.25, -0.2) is 8.42 Å². The molecule has 0 radical (unpaired) electrons. The summed E-state index contributed by atoms with van der Waals surface area (Å²) in [5.41, 5.74) is 1.07. The van der Waals surface area contributed by atoms with Gasteiger partial charge in [0.25, 0.3) is 0 Å². The van der Waals surface area contributed by atoms with Crippen LogP contribution >= 0.6 is 0 Å². The fraction of sp³-hybridized carbons (Fsp3) is 0.684. The second-order valence-corrected chi connectivity index (χ2v) is 10.3. The Morgan fingerprint density at radius 2 is 1.83 bits per heavy atom. The zero-order valence-electron chi connectivity index (χ0n) is 15.3. The van der Waals surface area contributed by atoms with Crippen LogP contribution in [0.15, 0.2) is 23.1 Å². The van der Waals surface area contributed by atoms with Crippen molar-refractivity contribution in [2.75, 3.05) is 0 Å². The van der Waals surface area contributed by atoms with Crippen molar-refractivity contribution in [3.05, 3.63) is 29.3 Å². The summed E-state index contributed by atoms with van der Waals surface area (Å²) in [4.78, 5) is 0.397. The molecule has 0 saturated carbocycles. The van der Waals surface area contributed by atoms with Gasteiger partial charge in [0.05, 0.1) is 16.5 Å². The molecule has 2 aliphatic heterocycles. The number of aliphatic hydroxyl groups excluding tert-OH is 1. The summed E-state index contributed by atoms with van der Waals surface area (Å²) in [6.07, 6.45) is 2.56. The maximum atomic E-state index is 13.5. The van der Waals surface area contributed by atoms with Crippen LogP contribution in [0.1, 0.15) is 64.5 Å². The summed E-state index contributed by atoms with van der Waals surface area (Å²) in [5.74, 6) is 0. The molecule has 0 aromatic heterocycles. The van der Waals surface area contributed by atoms with Crippen LogP contribution in [0.2, 0.25) is 0 Å². The Balaban J connectivity index is 2.12. The number of hydrogen-bond acceptors (Lipinski definition) is 3. The monoisotopic (exact) mass is 351 g/mol. The van der Waals surface area contributed by atoms with Gasteiger partial charge in [0.2, 0.25) is 10.0 Å². The third kappa shape index (κ3) is 2.52. The second kappa shape index (κ2) is 5.55. The lowest BCUT2D eigenvalue weighted by atomic mass is 9.84. The average Bonchev–Trinajstić information content (AvgIpc) is 3.03. The number of sulfonamides is 1. The third-order valence-corrected chi connectivity index (χ3v) is 8.14. The molecule has 1 N–H and O–H groups in total. The number of hydrogen-bond donors (Lipinski definition) is 1. The molecule has 2 aliphatic rings. The minimum absolute atomic E-state index is 0.0299. The normalized spacial score (nSPS) is 29.2. The maximum Gasteiger partial charge on any atom is 0.244 e. The van der Waals surface area contributed by atoms with Crippen LogP contribution in [0.4, 0.5) is 0 Å². The Labute approximate surface area is 145 Å². The largest absolute Gasteiger partial charge is 0.391 e. The van der Waals surface area contributed by atoms with Crippen molar-refractivity contribution in [2.45, 2.75) is 88.3 Å². The van der Waals surface area contributed by atoms with Crippen molar-refractivity contribution in [2.24, 2.45) is 0 Å². The molecule has 2 heterocycles. The first kappa shape index (κ1) is 17.9. The van der Waals surface area contributed by atoms with Crippen molar-refractivity contribution in [3.8, 4) is 0 Å². The van der Waals surface area contributed by atoms with E-state index in [4.69, 9.17) is 0 Å². The lowest BCUT2D eigenvalue weighted by Gasteiger charge is -2.37. The standard InChI is InChI=1S/C19H29NO3S/c1-13-6-7-15(18(3,4)5)12-17(13)24(22,23)20-16-8-10-19(20,11-9-16)14(2)21/h6-7,12,14,16,21H,8-11H2,1-5H3. The van der Waals surface area contributed by atoms with Gasteiger partial charge in [-0.15, -0.1) is 0 Å². The summed E-state index contributed by atoms with van der Waals surface area (Å²) in [6, 6.07) is 5.78. The van der Waals surface area contributed by atoms with E-state index in [9.17, 15) is 13.5 Å². The molecule has 0 spiro atoms. The van der Waals surface area contributed by atoms with E-state index in [1.807, 2.05) is 25.1 Å². The number of aryl methyl sites for hydroxylation is 1. The van der Waals surface area contributed by atoms with Crippen molar-refractivity contribution >= 4 is 10.0 Å². The van der Waals surface area contributed by atoms with Gasteiger partial charge < -0.3 is 5.11 Å². The van der Waals surface area contributed by atoms with Gasteiger partial charge in [0.15, 0.2) is 0 Å². The Hall–Kier alpha value is -0.910. The third-order valence-electron chi connectivity index (χ3n) is 5.96. The maximum absolute atomic E-state index is 13.5. The molecule has 1 aromatic carbocycles. The second-order valence-electron chi connectivity index (χ2n) is 8.54. The van der Waals surface area contributed by atoms with E-state index in [0.29, 0.717) is 4.90 Å². The highest BCUT2D eigenvalue weighted by Gasteiger charge is 2.59. The summed E-state index contributed by atoms with van der Waals surface area (Å²) >= 11 is 0. The number of fused-ring (bicyclic) bond motifs is 2. The molecule has 2 fully saturated rings. The fourth-order valence-electron chi connectivity index (χ4n) is 4.41. The molecule has 0 amide bonds. The molecule has 4 nitrogen and oxygen atoms in total. The Bertz CT molecular complexity index is 738. The van der Waals surface area contributed by atoms with Gasteiger partial charge in [-0.1, -0.05) is 32.9 Å². The first-order valence-corrected chi connectivity index (χ1v) is 10.3. The molecular weight excluding hydrogens is 322 g/mol. The Morgan fingerprint density at radius 3 is 2.33 bits per heavy atom. The molecule has 0 aliphatic carbocycles. The molecule has 2 saturated heterocycles. The fourth-order valence-corrected chi connectivity index (χ4v) is 6.79. The number of rotatable bonds is 3. The van der Waals surface area contributed by atoms with E-state index in [1.165, 1.54) is 0 Å². The summed E-state index contributed by atoms with van der Waals surface area (Å²) in [5, 5.41) is 10.4. The van der Waals surface area contributed by atoms with Crippen LogP contribution in [0.25, 0.3) is 0 Å². The quantitative estimate of drug-likeness (QED) is 0.908. The van der Waals surface area contributed by atoms with Gasteiger partial charge in [0.1, 0.15) is 0 Å². The highest BCUT2D eigenvalue weighted by atomic mass is 32.2. The van der Waals surface area contributed by atoms with Crippen LogP contribution in [0, 0.1) is 6.92 Å². The summed E-state index contributed by atoms with van der Waals surface area (Å²) < 4.78 is 28.7. The molecule has 2 bridgehead atoms. The summed E-state index contributed by atoms with van der Waals surface area (Å²) in [6.45, 7) is 9.85. The molecule has 3 rings (SSSR count). The Kier molecular flexibility index (Phi) is 4.14. The van der Waals surface area contributed by atoms with E-state index >= 15 is 0 Å². The van der Waals surface area contributed by atoms with Crippen LogP contribution in [0.5, 0.6) is 0 Å². The number of aliphatic hydroxyl groups is 1. The predicted molar refractivity (Wildman–Crippen MR) is 95.6 cm³/mol. The molecule has 134 valence electrons. The van der Waals surface area contributed by atoms with E-state index < -0.39 is 21.7 Å². The molecule has 1 unspecified atom stereocenters. The van der Waals surface area contributed by atoms with Crippen LogP contribution in [-0.2, 0) is 15.4 Å². The first-order valence-electron chi connectivity index (χ1n) is 8.84. The van der Waals surface area contributed by atoms with Crippen LogP contribution < -0.4 is 0 Å². The smallest absolute Gasteiger partial charge is 0.244 e. The molecular formula is C19H29NO3S. The average molecular weight is 352 g/mol. The Morgan fingerprint density at radius 1 is 1.25 bits per heavy atom. The highest BCUT2D eigenvalue weighted by molar-refractivity contribution is 7.89. The van der Waals surface area contributed by atoms with Gasteiger partial charge in [0, 0.05) is 6.04 Å². The van der Waals surface area contributed by atoms with Crippen molar-refractivity contribution in [3.63, 3.8) is 0 Å². The lowest BCUT2D eigenvalue weighted by Crippen LogP contribution is -2.51. The lowest BCUT2D eigenvalue weighted by molar-refractivity contribution is 0.0539.